The van der Waals surface area contributed by atoms with E-state index in [4.69, 9.17) is 6.42 Å². The van der Waals surface area contributed by atoms with E-state index in [1.807, 2.05) is 0 Å². The van der Waals surface area contributed by atoms with Crippen LogP contribution >= 0.6 is 11.8 Å². The summed E-state index contributed by atoms with van der Waals surface area (Å²) < 4.78 is 0. The summed E-state index contributed by atoms with van der Waals surface area (Å²) >= 11 is 1.18. The zero-order valence-corrected chi connectivity index (χ0v) is 10.3. The Morgan fingerprint density at radius 3 is 3.06 bits per heavy atom. The fourth-order valence-electron chi connectivity index (χ4n) is 1.91. The number of amidine groups is 1. The van der Waals surface area contributed by atoms with Gasteiger partial charge in [0, 0.05) is 0 Å². The Hall–Kier alpha value is -1.25. The Morgan fingerprint density at radius 1 is 1.59 bits per heavy atom. The highest BCUT2D eigenvalue weighted by atomic mass is 32.2. The molecule has 0 aromatic carbocycles. The topological polar surface area (TPSA) is 53.5 Å². The van der Waals surface area contributed by atoms with Gasteiger partial charge in [0.15, 0.2) is 0 Å². The summed E-state index contributed by atoms with van der Waals surface area (Å²) in [6.07, 6.45) is 9.56. The highest BCUT2D eigenvalue weighted by Gasteiger charge is 2.23. The van der Waals surface area contributed by atoms with Gasteiger partial charge in [0.2, 0.25) is 0 Å². The number of aliphatic imine (C=N–C) groups is 1. The summed E-state index contributed by atoms with van der Waals surface area (Å²) in [6, 6.07) is 0. The third-order valence-corrected chi connectivity index (χ3v) is 3.58. The molecule has 17 heavy (non-hydrogen) atoms. The fraction of sp³-hybridized carbons (Fsp3) is 0.500. The van der Waals surface area contributed by atoms with E-state index >= 15 is 0 Å². The molecule has 0 aliphatic carbocycles. The van der Waals surface area contributed by atoms with Gasteiger partial charge in [-0.2, -0.15) is 4.99 Å². The van der Waals surface area contributed by atoms with Crippen molar-refractivity contribution in [2.45, 2.75) is 12.8 Å². The Balaban J connectivity index is 2.03. The van der Waals surface area contributed by atoms with Crippen LogP contribution in [0.4, 0.5) is 4.79 Å². The van der Waals surface area contributed by atoms with Gasteiger partial charge < -0.3 is 10.6 Å². The van der Waals surface area contributed by atoms with E-state index in [1.54, 1.807) is 0 Å². The van der Waals surface area contributed by atoms with Gasteiger partial charge in [-0.25, -0.2) is 0 Å². The summed E-state index contributed by atoms with van der Waals surface area (Å²) in [4.78, 5) is 16.2. The van der Waals surface area contributed by atoms with Crippen LogP contribution in [0.3, 0.4) is 0 Å². The lowest BCUT2D eigenvalue weighted by atomic mass is 9.97. The Morgan fingerprint density at radius 2 is 2.35 bits per heavy atom. The molecule has 0 spiro atoms. The predicted octanol–water partition coefficient (Wildman–Crippen LogP) is 1.36. The number of carbonyl (C=O) groups is 1. The van der Waals surface area contributed by atoms with E-state index in [2.05, 4.69) is 27.6 Å². The van der Waals surface area contributed by atoms with Crippen LogP contribution in [0, 0.1) is 18.3 Å². The predicted molar refractivity (Wildman–Crippen MR) is 70.9 cm³/mol. The van der Waals surface area contributed by atoms with Crippen molar-refractivity contribution in [2.24, 2.45) is 10.9 Å². The van der Waals surface area contributed by atoms with Gasteiger partial charge >= 0.3 is 5.24 Å². The number of amides is 1. The first kappa shape index (κ1) is 12.2. The normalized spacial score (nSPS) is 23.6. The number of carbonyl (C=O) groups excluding carboxylic acids is 1. The molecule has 2 heterocycles. The molecular weight excluding hydrogens is 234 g/mol. The van der Waals surface area contributed by atoms with Crippen LogP contribution in [-0.4, -0.2) is 30.7 Å². The average Bonchev–Trinajstić information content (AvgIpc) is 2.68. The lowest BCUT2D eigenvalue weighted by Gasteiger charge is -2.20. The van der Waals surface area contributed by atoms with E-state index in [0.29, 0.717) is 18.3 Å². The Kier molecular flexibility index (Phi) is 4.24. The molecule has 2 aliphatic heterocycles. The molecule has 0 bridgehead atoms. The molecule has 90 valence electrons. The van der Waals surface area contributed by atoms with Gasteiger partial charge in [-0.05, 0) is 43.6 Å². The van der Waals surface area contributed by atoms with Crippen LogP contribution in [0.15, 0.2) is 16.0 Å². The minimum atomic E-state index is -0.162. The summed E-state index contributed by atoms with van der Waals surface area (Å²) in [7, 11) is 0. The number of piperidine rings is 1. The molecule has 0 saturated carbocycles. The van der Waals surface area contributed by atoms with Crippen molar-refractivity contribution >= 4 is 22.8 Å². The molecule has 0 radical (unpaired) electrons. The molecule has 2 N–H and O–H groups in total. The lowest BCUT2D eigenvalue weighted by molar-refractivity contribution is 0.268. The molecule has 0 aromatic heterocycles. The minimum absolute atomic E-state index is 0.162. The van der Waals surface area contributed by atoms with Crippen molar-refractivity contribution in [3.63, 3.8) is 0 Å². The van der Waals surface area contributed by atoms with Gasteiger partial charge in [-0.3, -0.25) is 4.79 Å². The zero-order chi connectivity index (χ0) is 12.1. The Labute approximate surface area is 105 Å². The number of hydrogen-bond donors (Lipinski definition) is 2. The van der Waals surface area contributed by atoms with Gasteiger partial charge in [0.25, 0.3) is 0 Å². The van der Waals surface area contributed by atoms with E-state index in [1.165, 1.54) is 11.8 Å². The quantitative estimate of drug-likeness (QED) is 0.726. The maximum Gasteiger partial charge on any atom is 0.311 e. The molecular formula is C12H15N3OS. The number of terminal acetylenes is 1. The smallest absolute Gasteiger partial charge is 0.311 e. The van der Waals surface area contributed by atoms with E-state index in [0.717, 1.165) is 30.8 Å². The molecule has 2 rings (SSSR count). The third-order valence-electron chi connectivity index (χ3n) is 2.76. The van der Waals surface area contributed by atoms with Crippen molar-refractivity contribution in [2.75, 3.05) is 19.6 Å². The summed E-state index contributed by atoms with van der Waals surface area (Å²) in [6.45, 7) is 2.48. The molecule has 1 fully saturated rings. The van der Waals surface area contributed by atoms with Crippen LogP contribution < -0.4 is 10.6 Å². The number of nitrogens with one attached hydrogen (secondary N) is 2. The maximum atomic E-state index is 11.3. The van der Waals surface area contributed by atoms with Crippen LogP contribution in [0.2, 0.25) is 0 Å². The first-order valence-electron chi connectivity index (χ1n) is 5.70. The van der Waals surface area contributed by atoms with E-state index < -0.39 is 0 Å². The van der Waals surface area contributed by atoms with Gasteiger partial charge in [-0.1, -0.05) is 12.0 Å². The zero-order valence-electron chi connectivity index (χ0n) is 9.53. The van der Waals surface area contributed by atoms with Gasteiger partial charge in [0.1, 0.15) is 5.84 Å². The molecule has 0 aromatic rings. The van der Waals surface area contributed by atoms with Crippen LogP contribution in [-0.2, 0) is 0 Å². The standard InChI is InChI=1S/C12H15N3OS/c1-2-5-14-11-10(17-12(16)15-11)8-9-3-6-13-7-4-9/h1,8-9,13H,3-7H2,(H,14,15,16). The van der Waals surface area contributed by atoms with Crippen molar-refractivity contribution in [1.82, 2.24) is 10.6 Å². The Bertz CT molecular complexity index is 402. The average molecular weight is 249 g/mol. The van der Waals surface area contributed by atoms with E-state index in [-0.39, 0.29) is 5.24 Å². The van der Waals surface area contributed by atoms with Crippen molar-refractivity contribution in [3.8, 4) is 12.3 Å². The van der Waals surface area contributed by atoms with Crippen LogP contribution in [0.25, 0.3) is 0 Å². The second kappa shape index (κ2) is 5.89. The summed E-state index contributed by atoms with van der Waals surface area (Å²) in [5, 5.41) is 6.15. The molecule has 0 unspecified atom stereocenters. The first-order chi connectivity index (χ1) is 8.29. The lowest BCUT2D eigenvalue weighted by Crippen LogP contribution is -2.28. The van der Waals surface area contributed by atoms with Crippen molar-refractivity contribution in [1.29, 1.82) is 0 Å². The van der Waals surface area contributed by atoms with Gasteiger partial charge in [0.05, 0.1) is 11.4 Å². The number of hydrogen-bond acceptors (Lipinski definition) is 4. The number of allylic oxidation sites excluding steroid dienone is 1. The van der Waals surface area contributed by atoms with Crippen molar-refractivity contribution < 1.29 is 4.79 Å². The second-order valence-corrected chi connectivity index (χ2v) is 5.00. The number of thioether (sulfide) groups is 1. The number of rotatable bonds is 2. The van der Waals surface area contributed by atoms with Crippen LogP contribution in [0.1, 0.15) is 12.8 Å². The summed E-state index contributed by atoms with van der Waals surface area (Å²) in [5.74, 6) is 3.65. The number of nitrogens with zero attached hydrogens (tertiary/aromatic N) is 1. The highest BCUT2D eigenvalue weighted by molar-refractivity contribution is 8.18. The molecule has 2 aliphatic rings. The SMILES string of the molecule is C#CCNC1=NC(=O)SC1=CC1CCNCC1. The largest absolute Gasteiger partial charge is 0.358 e. The first-order valence-corrected chi connectivity index (χ1v) is 6.52. The monoisotopic (exact) mass is 249 g/mol. The third kappa shape index (κ3) is 3.35. The second-order valence-electron chi connectivity index (χ2n) is 4.00. The molecule has 4 nitrogen and oxygen atoms in total. The van der Waals surface area contributed by atoms with Crippen LogP contribution in [0.5, 0.6) is 0 Å². The molecule has 5 heteroatoms. The summed E-state index contributed by atoms with van der Waals surface area (Å²) in [5.41, 5.74) is 0. The molecule has 0 atom stereocenters. The van der Waals surface area contributed by atoms with Gasteiger partial charge in [-0.15, -0.1) is 6.42 Å². The van der Waals surface area contributed by atoms with E-state index in [9.17, 15) is 4.79 Å². The molecule has 1 amide bonds. The molecule has 1 saturated heterocycles. The fourth-order valence-corrected chi connectivity index (χ4v) is 2.71. The highest BCUT2D eigenvalue weighted by Crippen LogP contribution is 2.29. The maximum absolute atomic E-state index is 11.3. The minimum Gasteiger partial charge on any atom is -0.358 e. The van der Waals surface area contributed by atoms with Crippen molar-refractivity contribution in [3.05, 3.63) is 11.0 Å².